The van der Waals surface area contributed by atoms with Gasteiger partial charge in [0.25, 0.3) is 0 Å². The number of methoxy groups -OCH3 is 1. The fourth-order valence-corrected chi connectivity index (χ4v) is 2.33. The van der Waals surface area contributed by atoms with Crippen molar-refractivity contribution in [3.8, 4) is 5.75 Å². The average Bonchev–Trinajstić information content (AvgIpc) is 2.54. The first-order valence-electron chi connectivity index (χ1n) is 6.24. The molecule has 1 atom stereocenters. The lowest BCUT2D eigenvalue weighted by molar-refractivity contribution is 0.0796. The summed E-state index contributed by atoms with van der Waals surface area (Å²) in [7, 11) is 1.47. The van der Waals surface area contributed by atoms with E-state index in [4.69, 9.17) is 9.47 Å². The van der Waals surface area contributed by atoms with Gasteiger partial charge in [0, 0.05) is 18.5 Å². The highest BCUT2D eigenvalue weighted by Gasteiger charge is 2.27. The summed E-state index contributed by atoms with van der Waals surface area (Å²) in [5, 5.41) is 3.35. The van der Waals surface area contributed by atoms with Crippen molar-refractivity contribution in [2.24, 2.45) is 5.41 Å². The number of ether oxygens (including phenoxy) is 2. The molecule has 1 unspecified atom stereocenters. The second-order valence-corrected chi connectivity index (χ2v) is 5.19. The summed E-state index contributed by atoms with van der Waals surface area (Å²) in [5.41, 5.74) is 0.987. The van der Waals surface area contributed by atoms with Crippen LogP contribution in [-0.4, -0.2) is 33.4 Å². The van der Waals surface area contributed by atoms with Gasteiger partial charge in [-0.25, -0.2) is 4.39 Å². The Balaban J connectivity index is 2.10. The van der Waals surface area contributed by atoms with Crippen LogP contribution < -0.4 is 10.1 Å². The summed E-state index contributed by atoms with van der Waals surface area (Å²) < 4.78 is 24.1. The summed E-state index contributed by atoms with van der Waals surface area (Å²) in [6.45, 7) is 5.38. The molecular formula is C14H20FNO2. The highest BCUT2D eigenvalue weighted by molar-refractivity contribution is 5.30. The first kappa shape index (κ1) is 13.3. The van der Waals surface area contributed by atoms with E-state index in [2.05, 4.69) is 12.2 Å². The molecule has 1 saturated heterocycles. The number of benzene rings is 1. The van der Waals surface area contributed by atoms with E-state index in [-0.39, 0.29) is 11.2 Å². The number of nitrogens with one attached hydrogen (secondary N) is 1. The molecule has 18 heavy (non-hydrogen) atoms. The normalized spacial score (nSPS) is 24.6. The summed E-state index contributed by atoms with van der Waals surface area (Å²) in [6, 6.07) is 5.14. The van der Waals surface area contributed by atoms with Crippen molar-refractivity contribution >= 4 is 0 Å². The third-order valence-electron chi connectivity index (χ3n) is 3.27. The molecule has 2 rings (SSSR count). The quantitative estimate of drug-likeness (QED) is 0.893. The summed E-state index contributed by atoms with van der Waals surface area (Å²) in [6.07, 6.45) is 0.793. The lowest BCUT2D eigenvalue weighted by Crippen LogP contribution is -2.34. The number of halogens is 1. The first-order valence-corrected chi connectivity index (χ1v) is 6.24. The lowest BCUT2D eigenvalue weighted by atomic mass is 9.84. The zero-order valence-electron chi connectivity index (χ0n) is 11.0. The number of rotatable bonds is 3. The molecule has 4 heteroatoms. The topological polar surface area (TPSA) is 30.5 Å². The molecule has 0 spiro atoms. The third kappa shape index (κ3) is 3.21. The minimum Gasteiger partial charge on any atom is -0.494 e. The monoisotopic (exact) mass is 253 g/mol. The van der Waals surface area contributed by atoms with E-state index in [0.717, 1.165) is 31.7 Å². The predicted molar refractivity (Wildman–Crippen MR) is 68.5 cm³/mol. The molecule has 0 aromatic heterocycles. The van der Waals surface area contributed by atoms with Crippen LogP contribution in [0.2, 0.25) is 0 Å². The molecule has 0 bridgehead atoms. The third-order valence-corrected chi connectivity index (χ3v) is 3.27. The molecule has 0 aliphatic carbocycles. The van der Waals surface area contributed by atoms with E-state index in [1.54, 1.807) is 12.1 Å². The summed E-state index contributed by atoms with van der Waals surface area (Å²) in [5.74, 6) is -0.0137. The van der Waals surface area contributed by atoms with Crippen LogP contribution in [0.15, 0.2) is 18.2 Å². The number of hydrogen-bond donors (Lipinski definition) is 1. The van der Waals surface area contributed by atoms with Gasteiger partial charge < -0.3 is 14.8 Å². The van der Waals surface area contributed by atoms with Crippen LogP contribution in [0.4, 0.5) is 4.39 Å². The van der Waals surface area contributed by atoms with Gasteiger partial charge in [0.1, 0.15) is 0 Å². The molecule has 0 amide bonds. The van der Waals surface area contributed by atoms with Gasteiger partial charge in [-0.05, 0) is 24.1 Å². The van der Waals surface area contributed by atoms with Crippen LogP contribution in [0.25, 0.3) is 0 Å². The highest BCUT2D eigenvalue weighted by Crippen LogP contribution is 2.26. The fraction of sp³-hybridized carbons (Fsp3) is 0.571. The summed E-state index contributed by atoms with van der Waals surface area (Å²) in [4.78, 5) is 0. The second-order valence-electron chi connectivity index (χ2n) is 5.19. The average molecular weight is 253 g/mol. The van der Waals surface area contributed by atoms with Crippen LogP contribution >= 0.6 is 0 Å². The molecule has 1 heterocycles. The van der Waals surface area contributed by atoms with Gasteiger partial charge in [0.15, 0.2) is 11.6 Å². The molecule has 3 nitrogen and oxygen atoms in total. The smallest absolute Gasteiger partial charge is 0.165 e. The van der Waals surface area contributed by atoms with Gasteiger partial charge in [0.05, 0.1) is 20.3 Å². The predicted octanol–water partition coefficient (Wildman–Crippen LogP) is 2.00. The van der Waals surface area contributed by atoms with Crippen LogP contribution in [0.1, 0.15) is 12.5 Å². The standard InChI is InChI=1S/C14H20FNO2/c1-14(9-16-5-6-18-10-14)8-11-3-4-13(17-2)12(15)7-11/h3-4,7,16H,5-6,8-10H2,1-2H3. The minimum absolute atomic E-state index is 0.0114. The Kier molecular flexibility index (Phi) is 4.19. The van der Waals surface area contributed by atoms with Crippen LogP contribution in [0.3, 0.4) is 0 Å². The molecule has 0 radical (unpaired) electrons. The van der Waals surface area contributed by atoms with Crippen LogP contribution in [-0.2, 0) is 11.2 Å². The lowest BCUT2D eigenvalue weighted by Gasteiger charge is -2.27. The van der Waals surface area contributed by atoms with Gasteiger partial charge in [0.2, 0.25) is 0 Å². The largest absolute Gasteiger partial charge is 0.494 e. The Labute approximate surface area is 107 Å². The van der Waals surface area contributed by atoms with Crippen molar-refractivity contribution in [2.45, 2.75) is 13.3 Å². The molecule has 1 aromatic rings. The van der Waals surface area contributed by atoms with Crippen molar-refractivity contribution in [1.29, 1.82) is 0 Å². The Hall–Kier alpha value is -1.13. The Morgan fingerprint density at radius 1 is 1.50 bits per heavy atom. The SMILES string of the molecule is COc1ccc(CC2(C)CNCCOC2)cc1F. The van der Waals surface area contributed by atoms with E-state index in [9.17, 15) is 4.39 Å². The molecule has 1 aliphatic heterocycles. The van der Waals surface area contributed by atoms with Crippen molar-refractivity contribution in [1.82, 2.24) is 5.32 Å². The fourth-order valence-electron chi connectivity index (χ4n) is 2.33. The van der Waals surface area contributed by atoms with Crippen LogP contribution in [0.5, 0.6) is 5.75 Å². The maximum atomic E-state index is 13.6. The zero-order chi connectivity index (χ0) is 13.0. The van der Waals surface area contributed by atoms with Gasteiger partial charge in [-0.15, -0.1) is 0 Å². The Morgan fingerprint density at radius 3 is 3.06 bits per heavy atom. The molecule has 1 N–H and O–H groups in total. The molecule has 1 aromatic carbocycles. The van der Waals surface area contributed by atoms with Gasteiger partial charge >= 0.3 is 0 Å². The van der Waals surface area contributed by atoms with E-state index >= 15 is 0 Å². The number of hydrogen-bond acceptors (Lipinski definition) is 3. The van der Waals surface area contributed by atoms with Gasteiger partial charge in [-0.1, -0.05) is 13.0 Å². The summed E-state index contributed by atoms with van der Waals surface area (Å²) >= 11 is 0. The van der Waals surface area contributed by atoms with Crippen molar-refractivity contribution in [2.75, 3.05) is 33.4 Å². The molecule has 0 saturated carbocycles. The molecule has 100 valence electrons. The second kappa shape index (κ2) is 5.67. The minimum atomic E-state index is -0.305. The molecule has 1 fully saturated rings. The highest BCUT2D eigenvalue weighted by atomic mass is 19.1. The van der Waals surface area contributed by atoms with Gasteiger partial charge in [-0.3, -0.25) is 0 Å². The maximum Gasteiger partial charge on any atom is 0.165 e. The first-order chi connectivity index (χ1) is 8.63. The van der Waals surface area contributed by atoms with E-state index in [1.807, 2.05) is 6.07 Å². The molecule has 1 aliphatic rings. The Bertz CT molecular complexity index is 401. The van der Waals surface area contributed by atoms with E-state index < -0.39 is 0 Å². The maximum absolute atomic E-state index is 13.6. The Morgan fingerprint density at radius 2 is 2.33 bits per heavy atom. The van der Waals surface area contributed by atoms with Crippen LogP contribution in [0, 0.1) is 11.2 Å². The van der Waals surface area contributed by atoms with E-state index in [0.29, 0.717) is 12.4 Å². The van der Waals surface area contributed by atoms with Crippen molar-refractivity contribution < 1.29 is 13.9 Å². The molecular weight excluding hydrogens is 233 g/mol. The van der Waals surface area contributed by atoms with Gasteiger partial charge in [-0.2, -0.15) is 0 Å². The van der Waals surface area contributed by atoms with Crippen molar-refractivity contribution in [3.63, 3.8) is 0 Å². The van der Waals surface area contributed by atoms with Crippen molar-refractivity contribution in [3.05, 3.63) is 29.6 Å². The zero-order valence-corrected chi connectivity index (χ0v) is 11.0. The van der Waals surface area contributed by atoms with E-state index in [1.165, 1.54) is 7.11 Å².